The Balaban J connectivity index is 4.45. The number of rotatable bonds is 88. The maximum absolute atomic E-state index is 13.0. The van der Waals surface area contributed by atoms with Crippen LogP contribution in [0.1, 0.15) is 393 Å². The van der Waals surface area contributed by atoms with Crippen LogP contribution in [0.2, 0.25) is 0 Å². The summed E-state index contributed by atoms with van der Waals surface area (Å²) in [6.07, 6.45) is 116. The molecule has 16 nitrogen and oxygen atoms in total. The first-order valence-corrected chi connectivity index (χ1v) is 49.8. The van der Waals surface area contributed by atoms with Gasteiger partial charge in [-0.25, -0.2) is 9.13 Å². The lowest BCUT2D eigenvalue weighted by Crippen LogP contribution is -2.30. The fourth-order valence-electron chi connectivity index (χ4n) is 12.7. The number of unbranched alkanes of at least 4 members (excludes halogenated alkanes) is 39. The number of hydrogen-bond donors (Lipinski definition) is 4. The molecule has 0 rings (SSSR count). The van der Waals surface area contributed by atoms with Gasteiger partial charge in [-0.1, -0.05) is 384 Å². The van der Waals surface area contributed by atoms with Gasteiger partial charge in [-0.2, -0.15) is 0 Å². The lowest BCUT2D eigenvalue weighted by molar-refractivity contribution is -0.161. The van der Waals surface area contributed by atoms with Crippen molar-refractivity contribution in [3.8, 4) is 0 Å². The van der Waals surface area contributed by atoms with E-state index in [0.29, 0.717) is 19.3 Å². The summed E-state index contributed by atoms with van der Waals surface area (Å²) >= 11 is 0. The van der Waals surface area contributed by atoms with E-state index in [0.717, 1.165) is 154 Å². The molecule has 0 fully saturated rings. The largest absolute Gasteiger partial charge is 0.472 e. The summed E-state index contributed by atoms with van der Waals surface area (Å²) in [6.45, 7) is 2.45. The van der Waals surface area contributed by atoms with Gasteiger partial charge in [0.2, 0.25) is 0 Å². The first-order valence-electron chi connectivity index (χ1n) is 46.8. The van der Waals surface area contributed by atoms with E-state index in [4.69, 9.17) is 32.3 Å². The van der Waals surface area contributed by atoms with Crippen molar-refractivity contribution in [1.82, 2.24) is 0 Å². The molecular weight excluding hydrogens is 1510 g/mol. The van der Waals surface area contributed by atoms with Gasteiger partial charge in [0, 0.05) is 19.3 Å². The van der Waals surface area contributed by atoms with E-state index in [-0.39, 0.29) is 19.3 Å². The minimum atomic E-state index is -4.94. The number of esters is 3. The molecule has 117 heavy (non-hydrogen) atoms. The Labute approximate surface area is 714 Å². The highest BCUT2D eigenvalue weighted by Crippen LogP contribution is 2.45. The van der Waals surface area contributed by atoms with Crippen LogP contribution in [-0.2, 0) is 55.8 Å². The molecule has 0 aromatic carbocycles. The summed E-state index contributed by atoms with van der Waals surface area (Å²) in [4.78, 5) is 58.9. The zero-order valence-corrected chi connectivity index (χ0v) is 75.9. The molecule has 0 heterocycles. The monoisotopic (exact) mass is 1680 g/mol. The van der Waals surface area contributed by atoms with Crippen LogP contribution in [-0.4, -0.2) is 95.9 Å². The molecule has 0 aliphatic carbocycles. The van der Waals surface area contributed by atoms with Gasteiger partial charge in [0.15, 0.2) is 6.10 Å². The summed E-state index contributed by atoms with van der Waals surface area (Å²) in [5, 5.41) is 20.7. The number of phosphoric ester groups is 2. The molecule has 0 saturated carbocycles. The maximum Gasteiger partial charge on any atom is 0.472 e. The summed E-state index contributed by atoms with van der Waals surface area (Å²) in [6, 6.07) is 0. The SMILES string of the molecule is CC/C=C\C/C=C\C/C=C\C/C=C\C/C=C\C/C=C\CCCCCCCCCCCCCCCCC(=O)OCC(O)COP(=O)(O)OCC(O)COP(=O)(O)OCC(COC(=O)CCCCCCCCCCCCCCCCCCC/C=C\C/C=C\C/C=C\C/C=C\CCCCC)OC(=O)CCCCCCC/C=C\C/C=C\C/C=C\CC. The Bertz CT molecular complexity index is 2760. The van der Waals surface area contributed by atoms with Crippen molar-refractivity contribution in [1.29, 1.82) is 0 Å². The number of carbonyl (C=O) groups excluding carboxylic acids is 3. The molecule has 672 valence electrons. The molecular formula is C99H170O16P2. The first kappa shape index (κ1) is 112. The Hall–Kier alpha value is -4.83. The fraction of sp³-hybridized carbons (Fsp3) is 0.707. The van der Waals surface area contributed by atoms with Gasteiger partial charge in [0.05, 0.1) is 26.4 Å². The van der Waals surface area contributed by atoms with Crippen molar-refractivity contribution in [2.24, 2.45) is 0 Å². The number of carbonyl (C=O) groups is 3. The molecule has 4 N–H and O–H groups in total. The summed E-state index contributed by atoms with van der Waals surface area (Å²) in [7, 11) is -9.81. The Morgan fingerprint density at radius 3 is 0.718 bits per heavy atom. The molecule has 0 aromatic rings. The smallest absolute Gasteiger partial charge is 0.463 e. The number of ether oxygens (including phenoxy) is 3. The second-order valence-corrected chi connectivity index (χ2v) is 34.0. The van der Waals surface area contributed by atoms with Gasteiger partial charge >= 0.3 is 33.6 Å². The molecule has 18 heteroatoms. The highest BCUT2D eigenvalue weighted by molar-refractivity contribution is 7.47. The van der Waals surface area contributed by atoms with E-state index in [1.807, 2.05) is 0 Å². The van der Waals surface area contributed by atoms with Crippen molar-refractivity contribution >= 4 is 33.6 Å². The molecule has 0 spiro atoms. The van der Waals surface area contributed by atoms with E-state index in [1.54, 1.807) is 0 Å². The maximum atomic E-state index is 13.0. The van der Waals surface area contributed by atoms with Crippen LogP contribution in [0.3, 0.4) is 0 Å². The van der Waals surface area contributed by atoms with Crippen LogP contribution in [0.5, 0.6) is 0 Å². The third kappa shape index (κ3) is 91.7. The van der Waals surface area contributed by atoms with Gasteiger partial charge in [0.1, 0.15) is 25.4 Å². The van der Waals surface area contributed by atoms with Crippen molar-refractivity contribution in [3.05, 3.63) is 158 Å². The van der Waals surface area contributed by atoms with Crippen LogP contribution < -0.4 is 0 Å². The predicted octanol–water partition coefficient (Wildman–Crippen LogP) is 28.9. The quantitative estimate of drug-likeness (QED) is 0.0146. The first-order chi connectivity index (χ1) is 57.2. The third-order valence-corrected chi connectivity index (χ3v) is 21.6. The molecule has 0 aliphatic rings. The standard InChI is InChI=1S/C99H170O16P2/c1-4-7-10-13-16-19-22-25-28-30-32-34-36-38-40-42-44-46-48-50-52-54-56-58-60-62-65-67-70-73-76-79-82-85-97(102)109-88-94(100)89-111-116(105,106)112-90-95(101)91-113-117(107,108)114-93-96(115-99(104)87-84-81-78-75-72-69-64-27-24-21-18-15-12-9-6-3)92-110-98(103)86-83-80-77-74-71-68-66-63-61-59-57-55-53-51-49-47-45-43-41-39-37-35-33-31-29-26-23-20-17-14-11-8-5-2/h7,9-10,12,16-21,25-29,32-35,38-41,44,46,64,94-96,100-101H,4-6,8,11,13-15,22-24,30-31,36-37,42-43,45,47-63,65-93H2,1-3H3,(H,105,106)(H,107,108)/b10-7-,12-9-,19-16-,20-17-,21-18-,28-25-,29-26-,34-32-,35-33-,40-38-,41-39-,46-44-,64-27-. The molecule has 0 bridgehead atoms. The van der Waals surface area contributed by atoms with E-state index in [2.05, 4.69) is 179 Å². The normalized spacial score (nSPS) is 14.5. The van der Waals surface area contributed by atoms with Crippen molar-refractivity contribution in [2.45, 2.75) is 411 Å². The third-order valence-electron chi connectivity index (χ3n) is 19.7. The Morgan fingerprint density at radius 2 is 0.453 bits per heavy atom. The minimum Gasteiger partial charge on any atom is -0.463 e. The summed E-state index contributed by atoms with van der Waals surface area (Å²) in [5.74, 6) is -1.58. The minimum absolute atomic E-state index is 0.0840. The zero-order chi connectivity index (χ0) is 85.1. The number of allylic oxidation sites excluding steroid dienone is 26. The molecule has 5 atom stereocenters. The molecule has 0 aromatic heterocycles. The fourth-order valence-corrected chi connectivity index (χ4v) is 14.3. The second-order valence-electron chi connectivity index (χ2n) is 31.0. The zero-order valence-electron chi connectivity index (χ0n) is 74.1. The topological polar surface area (TPSA) is 231 Å². The number of aliphatic hydroxyl groups excluding tert-OH is 2. The predicted molar refractivity (Wildman–Crippen MR) is 491 cm³/mol. The molecule has 0 amide bonds. The summed E-state index contributed by atoms with van der Waals surface area (Å²) in [5.41, 5.74) is 0. The second kappa shape index (κ2) is 90.4. The average Bonchev–Trinajstić information content (AvgIpc) is 0.874. The lowest BCUT2D eigenvalue weighted by atomic mass is 10.0. The molecule has 0 aliphatic heterocycles. The van der Waals surface area contributed by atoms with Crippen molar-refractivity contribution < 1.29 is 75.8 Å². The van der Waals surface area contributed by atoms with Crippen molar-refractivity contribution in [2.75, 3.05) is 39.6 Å². The summed E-state index contributed by atoms with van der Waals surface area (Å²) < 4.78 is 61.4. The highest BCUT2D eigenvalue weighted by atomic mass is 31.2. The number of hydrogen-bond acceptors (Lipinski definition) is 14. The Morgan fingerprint density at radius 1 is 0.248 bits per heavy atom. The van der Waals surface area contributed by atoms with E-state index >= 15 is 0 Å². The van der Waals surface area contributed by atoms with Gasteiger partial charge in [-0.3, -0.25) is 32.5 Å². The van der Waals surface area contributed by atoms with Crippen LogP contribution >= 0.6 is 15.6 Å². The van der Waals surface area contributed by atoms with Crippen LogP contribution in [0.4, 0.5) is 0 Å². The van der Waals surface area contributed by atoms with Crippen LogP contribution in [0.25, 0.3) is 0 Å². The van der Waals surface area contributed by atoms with Crippen molar-refractivity contribution in [3.63, 3.8) is 0 Å². The van der Waals surface area contributed by atoms with Gasteiger partial charge in [-0.05, 0) is 148 Å². The number of aliphatic hydroxyl groups is 2. The van der Waals surface area contributed by atoms with E-state index < -0.39 is 91.5 Å². The molecule has 0 radical (unpaired) electrons. The van der Waals surface area contributed by atoms with E-state index in [9.17, 15) is 43.5 Å². The number of phosphoric acid groups is 2. The molecule has 5 unspecified atom stereocenters. The lowest BCUT2D eigenvalue weighted by Gasteiger charge is -2.21. The average molecular weight is 1680 g/mol. The molecule has 0 saturated heterocycles. The van der Waals surface area contributed by atoms with Crippen LogP contribution in [0.15, 0.2) is 158 Å². The van der Waals surface area contributed by atoms with Gasteiger partial charge in [-0.15, -0.1) is 0 Å². The van der Waals surface area contributed by atoms with E-state index in [1.165, 1.54) is 180 Å². The van der Waals surface area contributed by atoms with Crippen LogP contribution in [0, 0.1) is 0 Å². The highest BCUT2D eigenvalue weighted by Gasteiger charge is 2.29. The Kier molecular flexibility index (Phi) is 86.7. The van der Waals surface area contributed by atoms with Gasteiger partial charge in [0.25, 0.3) is 0 Å². The van der Waals surface area contributed by atoms with Gasteiger partial charge < -0.3 is 34.2 Å².